The van der Waals surface area contributed by atoms with Crippen LogP contribution in [0.4, 0.5) is 0 Å². The van der Waals surface area contributed by atoms with Gasteiger partial charge in [0.05, 0.1) is 16.8 Å². The zero-order valence-corrected chi connectivity index (χ0v) is 24.1. The van der Waals surface area contributed by atoms with Crippen molar-refractivity contribution in [1.29, 1.82) is 0 Å². The molecular formula is C31H47NO5. The summed E-state index contributed by atoms with van der Waals surface area (Å²) in [4.78, 5) is 36.1. The molecule has 0 N–H and O–H groups in total. The van der Waals surface area contributed by atoms with Crippen LogP contribution in [0.1, 0.15) is 114 Å². The van der Waals surface area contributed by atoms with Crippen molar-refractivity contribution in [2.75, 3.05) is 13.2 Å². The van der Waals surface area contributed by atoms with Gasteiger partial charge in [-0.15, -0.1) is 0 Å². The van der Waals surface area contributed by atoms with E-state index in [4.69, 9.17) is 9.47 Å². The molecule has 1 amide bonds. The first-order valence-electron chi connectivity index (χ1n) is 14.0. The number of ether oxygens (including phenoxy) is 2. The molecule has 6 nitrogen and oxygen atoms in total. The van der Waals surface area contributed by atoms with Crippen LogP contribution in [0.15, 0.2) is 23.4 Å². The molecule has 6 heteroatoms. The van der Waals surface area contributed by atoms with Gasteiger partial charge in [0.15, 0.2) is 0 Å². The van der Waals surface area contributed by atoms with Gasteiger partial charge in [-0.05, 0) is 55.7 Å². The number of carbonyl (C=O) groups is 3. The number of aryl methyl sites for hydroxylation is 1. The topological polar surface area (TPSA) is 72.9 Å². The third kappa shape index (κ3) is 8.72. The molecule has 4 rings (SSSR count). The third-order valence-corrected chi connectivity index (χ3v) is 7.75. The van der Waals surface area contributed by atoms with Crippen molar-refractivity contribution in [3.63, 3.8) is 0 Å². The van der Waals surface area contributed by atoms with Gasteiger partial charge in [-0.25, -0.2) is 9.59 Å². The Labute approximate surface area is 223 Å². The first kappa shape index (κ1) is 30.6. The van der Waals surface area contributed by atoms with Gasteiger partial charge in [-0.3, -0.25) is 4.79 Å². The van der Waals surface area contributed by atoms with E-state index in [1.807, 2.05) is 12.1 Å². The van der Waals surface area contributed by atoms with Crippen molar-refractivity contribution in [3.05, 3.63) is 45.7 Å². The van der Waals surface area contributed by atoms with Crippen molar-refractivity contribution >= 4 is 17.8 Å². The number of nitrogens with zero attached hydrogens (tertiary/aromatic N) is 1. The SMILES string of the molecule is CC(=O)N(CCC1CCCCC1)C1=C(C)C(=O)OC1.CCC(C)C.CCc1ccc2c(c1C)COC2=O. The molecule has 37 heavy (non-hydrogen) atoms. The number of hydrogen-bond donors (Lipinski definition) is 0. The van der Waals surface area contributed by atoms with Crippen molar-refractivity contribution in [3.8, 4) is 0 Å². The van der Waals surface area contributed by atoms with E-state index in [1.54, 1.807) is 18.7 Å². The van der Waals surface area contributed by atoms with Crippen LogP contribution in [0.3, 0.4) is 0 Å². The highest BCUT2D eigenvalue weighted by Gasteiger charge is 2.28. The van der Waals surface area contributed by atoms with Gasteiger partial charge in [0, 0.05) is 19.0 Å². The molecule has 2 heterocycles. The van der Waals surface area contributed by atoms with E-state index in [1.165, 1.54) is 49.7 Å². The molecule has 1 aromatic carbocycles. The monoisotopic (exact) mass is 513 g/mol. The molecule has 0 unspecified atom stereocenters. The van der Waals surface area contributed by atoms with Gasteiger partial charge in [-0.1, -0.05) is 72.3 Å². The Morgan fingerprint density at radius 1 is 1.00 bits per heavy atom. The number of carbonyl (C=O) groups excluding carboxylic acids is 3. The Hall–Kier alpha value is -2.63. The van der Waals surface area contributed by atoms with Crippen molar-refractivity contribution in [2.45, 2.75) is 106 Å². The number of fused-ring (bicyclic) bond motifs is 1. The fourth-order valence-corrected chi connectivity index (χ4v) is 4.80. The predicted octanol–water partition coefficient (Wildman–Crippen LogP) is 6.92. The highest BCUT2D eigenvalue weighted by molar-refractivity contribution is 5.94. The van der Waals surface area contributed by atoms with Gasteiger partial charge in [-0.2, -0.15) is 0 Å². The van der Waals surface area contributed by atoms with E-state index in [0.29, 0.717) is 18.7 Å². The molecule has 0 atom stereocenters. The predicted molar refractivity (Wildman–Crippen MR) is 147 cm³/mol. The Balaban J connectivity index is 0.000000230. The minimum Gasteiger partial charge on any atom is -0.457 e. The van der Waals surface area contributed by atoms with Crippen molar-refractivity contribution in [1.82, 2.24) is 4.90 Å². The second-order valence-electron chi connectivity index (χ2n) is 10.7. The van der Waals surface area contributed by atoms with Crippen molar-refractivity contribution in [2.24, 2.45) is 11.8 Å². The van der Waals surface area contributed by atoms with Gasteiger partial charge in [0.25, 0.3) is 0 Å². The number of esters is 2. The normalized spacial score (nSPS) is 16.9. The summed E-state index contributed by atoms with van der Waals surface area (Å²) < 4.78 is 9.96. The van der Waals surface area contributed by atoms with Crippen LogP contribution >= 0.6 is 0 Å². The van der Waals surface area contributed by atoms with Gasteiger partial charge in [0.2, 0.25) is 5.91 Å². The van der Waals surface area contributed by atoms with Crippen LogP contribution in [0.5, 0.6) is 0 Å². The summed E-state index contributed by atoms with van der Waals surface area (Å²) in [5, 5.41) is 0. The molecule has 0 radical (unpaired) electrons. The average Bonchev–Trinajstić information content (AvgIpc) is 3.43. The lowest BCUT2D eigenvalue weighted by Gasteiger charge is -2.27. The van der Waals surface area contributed by atoms with Gasteiger partial charge < -0.3 is 14.4 Å². The third-order valence-electron chi connectivity index (χ3n) is 7.75. The van der Waals surface area contributed by atoms with Crippen LogP contribution in [-0.2, 0) is 32.1 Å². The standard InChI is InChI=1S/C15H23NO3.C11H12O2.C5H12/c1-11-14(10-19-15(11)18)16(12(2)17)9-8-13-6-4-3-5-7-13;1-3-8-4-5-9-10(7(8)2)6-13-11(9)12;1-4-5(2)3/h13H,3-10H2,1-2H3;4-5H,3,6H2,1-2H3;5H,4H2,1-3H3. The van der Waals surface area contributed by atoms with Crippen LogP contribution in [0, 0.1) is 18.8 Å². The molecule has 0 bridgehead atoms. The summed E-state index contributed by atoms with van der Waals surface area (Å²) in [6.45, 7) is 15.5. The van der Waals surface area contributed by atoms with E-state index in [-0.39, 0.29) is 24.5 Å². The summed E-state index contributed by atoms with van der Waals surface area (Å²) in [6, 6.07) is 3.89. The van der Waals surface area contributed by atoms with Crippen LogP contribution in [-0.4, -0.2) is 35.9 Å². The van der Waals surface area contributed by atoms with Crippen molar-refractivity contribution < 1.29 is 23.9 Å². The first-order valence-corrected chi connectivity index (χ1v) is 14.0. The summed E-state index contributed by atoms with van der Waals surface area (Å²) in [7, 11) is 0. The number of amides is 1. The first-order chi connectivity index (χ1) is 17.6. The van der Waals surface area contributed by atoms with E-state index >= 15 is 0 Å². The van der Waals surface area contributed by atoms with E-state index in [9.17, 15) is 14.4 Å². The largest absolute Gasteiger partial charge is 0.457 e. The van der Waals surface area contributed by atoms with E-state index < -0.39 is 0 Å². The Morgan fingerprint density at radius 3 is 2.14 bits per heavy atom. The number of hydrogen-bond acceptors (Lipinski definition) is 5. The lowest BCUT2D eigenvalue weighted by molar-refractivity contribution is -0.136. The number of cyclic esters (lactones) is 2. The highest BCUT2D eigenvalue weighted by atomic mass is 16.5. The Morgan fingerprint density at radius 2 is 1.62 bits per heavy atom. The van der Waals surface area contributed by atoms with Crippen LogP contribution in [0.25, 0.3) is 0 Å². The second-order valence-corrected chi connectivity index (χ2v) is 10.7. The molecule has 206 valence electrons. The fraction of sp³-hybridized carbons (Fsp3) is 0.645. The van der Waals surface area contributed by atoms with Crippen LogP contribution in [0.2, 0.25) is 0 Å². The summed E-state index contributed by atoms with van der Waals surface area (Å²) >= 11 is 0. The number of benzene rings is 1. The minimum absolute atomic E-state index is 0.00320. The molecule has 2 aliphatic heterocycles. The molecule has 0 aromatic heterocycles. The average molecular weight is 514 g/mol. The zero-order chi connectivity index (χ0) is 27.5. The lowest BCUT2D eigenvalue weighted by atomic mass is 9.87. The zero-order valence-electron chi connectivity index (χ0n) is 24.1. The summed E-state index contributed by atoms with van der Waals surface area (Å²) in [6.07, 6.45) is 9.87. The van der Waals surface area contributed by atoms with E-state index in [0.717, 1.165) is 41.5 Å². The maximum atomic E-state index is 11.8. The molecule has 0 spiro atoms. The Kier molecular flexibility index (Phi) is 12.4. The maximum absolute atomic E-state index is 11.8. The molecule has 1 aliphatic carbocycles. The van der Waals surface area contributed by atoms with Gasteiger partial charge >= 0.3 is 11.9 Å². The minimum atomic E-state index is -0.293. The number of rotatable bonds is 6. The lowest BCUT2D eigenvalue weighted by Crippen LogP contribution is -2.31. The van der Waals surface area contributed by atoms with E-state index in [2.05, 4.69) is 34.6 Å². The summed E-state index contributed by atoms with van der Waals surface area (Å²) in [5.41, 5.74) is 5.68. The fourth-order valence-electron chi connectivity index (χ4n) is 4.80. The Bertz CT molecular complexity index is 972. The molecular weight excluding hydrogens is 466 g/mol. The molecule has 1 aromatic rings. The van der Waals surface area contributed by atoms with Gasteiger partial charge in [0.1, 0.15) is 13.2 Å². The highest BCUT2D eigenvalue weighted by Crippen LogP contribution is 2.28. The molecule has 0 saturated heterocycles. The second kappa shape index (κ2) is 14.9. The smallest absolute Gasteiger partial charge is 0.338 e. The molecule has 1 fully saturated rings. The maximum Gasteiger partial charge on any atom is 0.338 e. The quantitative estimate of drug-likeness (QED) is 0.386. The van der Waals surface area contributed by atoms with Crippen LogP contribution < -0.4 is 0 Å². The molecule has 1 saturated carbocycles. The molecule has 3 aliphatic rings. The summed E-state index contributed by atoms with van der Waals surface area (Å²) in [5.74, 6) is 1.15.